The lowest BCUT2D eigenvalue weighted by Crippen LogP contribution is -2.12. The molecule has 3 rings (SSSR count). The highest BCUT2D eigenvalue weighted by molar-refractivity contribution is 6.31. The summed E-state index contributed by atoms with van der Waals surface area (Å²) in [5, 5.41) is 13.0. The van der Waals surface area contributed by atoms with Crippen molar-refractivity contribution in [2.24, 2.45) is 0 Å². The van der Waals surface area contributed by atoms with Gasteiger partial charge in [-0.05, 0) is 60.0 Å². The molecule has 0 heterocycles. The predicted octanol–water partition coefficient (Wildman–Crippen LogP) is 5.27. The Hall–Kier alpha value is -2.78. The molecule has 24 heavy (non-hydrogen) atoms. The molecule has 0 bridgehead atoms. The van der Waals surface area contributed by atoms with Gasteiger partial charge in [-0.1, -0.05) is 41.9 Å². The second-order valence-electron chi connectivity index (χ2n) is 5.54. The molecule has 0 unspecified atom stereocenters. The van der Waals surface area contributed by atoms with Gasteiger partial charge in [0, 0.05) is 16.3 Å². The highest BCUT2D eigenvalue weighted by Crippen LogP contribution is 2.24. The Bertz CT molecular complexity index is 888. The third-order valence-electron chi connectivity index (χ3n) is 3.77. The molecule has 0 atom stereocenters. The number of aromatic hydroxyl groups is 1. The highest BCUT2D eigenvalue weighted by atomic mass is 35.5. The topological polar surface area (TPSA) is 49.3 Å². The van der Waals surface area contributed by atoms with E-state index < -0.39 is 0 Å². The van der Waals surface area contributed by atoms with Gasteiger partial charge in [-0.3, -0.25) is 4.79 Å². The fourth-order valence-corrected chi connectivity index (χ4v) is 2.60. The highest BCUT2D eigenvalue weighted by Gasteiger charge is 2.09. The maximum Gasteiger partial charge on any atom is 0.255 e. The number of hydrogen-bond donors (Lipinski definition) is 2. The van der Waals surface area contributed by atoms with Crippen molar-refractivity contribution in [2.45, 2.75) is 6.92 Å². The Morgan fingerprint density at radius 1 is 0.958 bits per heavy atom. The van der Waals surface area contributed by atoms with Crippen molar-refractivity contribution in [1.29, 1.82) is 0 Å². The number of phenols is 1. The van der Waals surface area contributed by atoms with E-state index in [9.17, 15) is 9.90 Å². The number of anilines is 1. The SMILES string of the molecule is Cc1ccc(Cl)cc1NC(=O)c1ccc(-c2cccc(O)c2)cc1. The summed E-state index contributed by atoms with van der Waals surface area (Å²) in [6.45, 7) is 1.91. The zero-order valence-electron chi connectivity index (χ0n) is 13.1. The molecule has 0 aliphatic carbocycles. The predicted molar refractivity (Wildman–Crippen MR) is 97.7 cm³/mol. The van der Waals surface area contributed by atoms with Crippen molar-refractivity contribution in [3.63, 3.8) is 0 Å². The molecule has 3 aromatic carbocycles. The Kier molecular flexibility index (Phi) is 4.54. The molecule has 0 aromatic heterocycles. The van der Waals surface area contributed by atoms with E-state index in [1.54, 1.807) is 42.5 Å². The molecule has 0 aliphatic heterocycles. The molecule has 3 nitrogen and oxygen atoms in total. The molecule has 2 N–H and O–H groups in total. The molecule has 120 valence electrons. The summed E-state index contributed by atoms with van der Waals surface area (Å²) in [7, 11) is 0. The molecule has 4 heteroatoms. The van der Waals surface area contributed by atoms with Gasteiger partial charge in [0.1, 0.15) is 5.75 Å². The monoisotopic (exact) mass is 337 g/mol. The van der Waals surface area contributed by atoms with E-state index in [0.29, 0.717) is 16.3 Å². The van der Waals surface area contributed by atoms with Crippen LogP contribution in [0.3, 0.4) is 0 Å². The van der Waals surface area contributed by atoms with Crippen molar-refractivity contribution < 1.29 is 9.90 Å². The minimum atomic E-state index is -0.192. The fourth-order valence-electron chi connectivity index (χ4n) is 2.42. The van der Waals surface area contributed by atoms with Crippen LogP contribution >= 0.6 is 11.6 Å². The van der Waals surface area contributed by atoms with Gasteiger partial charge in [0.25, 0.3) is 5.91 Å². The molecule has 0 fully saturated rings. The van der Waals surface area contributed by atoms with E-state index in [4.69, 9.17) is 11.6 Å². The van der Waals surface area contributed by atoms with E-state index >= 15 is 0 Å². The van der Waals surface area contributed by atoms with Gasteiger partial charge in [-0.2, -0.15) is 0 Å². The van der Waals surface area contributed by atoms with Crippen LogP contribution in [0.5, 0.6) is 5.75 Å². The quantitative estimate of drug-likeness (QED) is 0.683. The Morgan fingerprint density at radius 2 is 1.71 bits per heavy atom. The average Bonchev–Trinajstić information content (AvgIpc) is 2.58. The molecule has 0 spiro atoms. The van der Waals surface area contributed by atoms with Gasteiger partial charge in [0.15, 0.2) is 0 Å². The first-order valence-corrected chi connectivity index (χ1v) is 7.88. The summed E-state index contributed by atoms with van der Waals surface area (Å²) in [6.07, 6.45) is 0. The Balaban J connectivity index is 1.80. The normalized spacial score (nSPS) is 10.4. The van der Waals surface area contributed by atoms with Crippen LogP contribution in [0.25, 0.3) is 11.1 Å². The third kappa shape index (κ3) is 3.58. The van der Waals surface area contributed by atoms with E-state index in [0.717, 1.165) is 16.7 Å². The van der Waals surface area contributed by atoms with Crippen LogP contribution in [0.4, 0.5) is 5.69 Å². The number of rotatable bonds is 3. The smallest absolute Gasteiger partial charge is 0.255 e. The average molecular weight is 338 g/mol. The molecule has 3 aromatic rings. The standard InChI is InChI=1S/C20H16ClNO2/c1-13-5-10-17(21)12-19(13)22-20(24)15-8-6-14(7-9-15)16-3-2-4-18(23)11-16/h2-12,23H,1H3,(H,22,24). The van der Waals surface area contributed by atoms with E-state index in [1.165, 1.54) is 0 Å². The Labute approximate surface area is 145 Å². The van der Waals surface area contributed by atoms with Crippen molar-refractivity contribution in [3.8, 4) is 16.9 Å². The maximum absolute atomic E-state index is 12.4. The van der Waals surface area contributed by atoms with Crippen molar-refractivity contribution in [2.75, 3.05) is 5.32 Å². The number of aryl methyl sites for hydroxylation is 1. The molecule has 0 saturated heterocycles. The lowest BCUT2D eigenvalue weighted by molar-refractivity contribution is 0.102. The second-order valence-corrected chi connectivity index (χ2v) is 5.98. The second kappa shape index (κ2) is 6.77. The number of phenolic OH excluding ortho intramolecular Hbond substituents is 1. The van der Waals surface area contributed by atoms with Crippen LogP contribution in [0.15, 0.2) is 66.7 Å². The van der Waals surface area contributed by atoms with Crippen molar-refractivity contribution in [3.05, 3.63) is 82.9 Å². The zero-order valence-corrected chi connectivity index (χ0v) is 13.8. The van der Waals surface area contributed by atoms with E-state index in [2.05, 4.69) is 5.32 Å². The van der Waals surface area contributed by atoms with Gasteiger partial charge < -0.3 is 10.4 Å². The van der Waals surface area contributed by atoms with E-state index in [-0.39, 0.29) is 11.7 Å². The minimum absolute atomic E-state index is 0.192. The largest absolute Gasteiger partial charge is 0.508 e. The number of benzene rings is 3. The van der Waals surface area contributed by atoms with Crippen LogP contribution in [0.2, 0.25) is 5.02 Å². The first-order chi connectivity index (χ1) is 11.5. The number of halogens is 1. The van der Waals surface area contributed by atoms with Gasteiger partial charge in [-0.15, -0.1) is 0 Å². The first-order valence-electron chi connectivity index (χ1n) is 7.50. The number of amides is 1. The zero-order chi connectivity index (χ0) is 17.1. The number of carbonyl (C=O) groups excluding carboxylic acids is 1. The molecular weight excluding hydrogens is 322 g/mol. The maximum atomic E-state index is 12.4. The van der Waals surface area contributed by atoms with Gasteiger partial charge in [0.2, 0.25) is 0 Å². The van der Waals surface area contributed by atoms with Crippen LogP contribution < -0.4 is 5.32 Å². The van der Waals surface area contributed by atoms with Gasteiger partial charge in [-0.25, -0.2) is 0 Å². The number of nitrogens with one attached hydrogen (secondary N) is 1. The lowest BCUT2D eigenvalue weighted by Gasteiger charge is -2.09. The number of hydrogen-bond acceptors (Lipinski definition) is 2. The summed E-state index contributed by atoms with van der Waals surface area (Å²) in [5.74, 6) is 0.0218. The van der Waals surface area contributed by atoms with Gasteiger partial charge in [0.05, 0.1) is 0 Å². The third-order valence-corrected chi connectivity index (χ3v) is 4.01. The lowest BCUT2D eigenvalue weighted by atomic mass is 10.0. The van der Waals surface area contributed by atoms with E-state index in [1.807, 2.05) is 31.2 Å². The van der Waals surface area contributed by atoms with Gasteiger partial charge >= 0.3 is 0 Å². The van der Waals surface area contributed by atoms with Crippen LogP contribution in [-0.4, -0.2) is 11.0 Å². The molecule has 1 amide bonds. The van der Waals surface area contributed by atoms with Crippen LogP contribution in [0, 0.1) is 6.92 Å². The molecule has 0 saturated carbocycles. The minimum Gasteiger partial charge on any atom is -0.508 e. The summed E-state index contributed by atoms with van der Waals surface area (Å²) >= 11 is 5.98. The van der Waals surface area contributed by atoms with Crippen LogP contribution in [-0.2, 0) is 0 Å². The van der Waals surface area contributed by atoms with Crippen molar-refractivity contribution in [1.82, 2.24) is 0 Å². The summed E-state index contributed by atoms with van der Waals surface area (Å²) < 4.78 is 0. The number of carbonyl (C=O) groups is 1. The Morgan fingerprint density at radius 3 is 2.42 bits per heavy atom. The fraction of sp³-hybridized carbons (Fsp3) is 0.0500. The van der Waals surface area contributed by atoms with Crippen LogP contribution in [0.1, 0.15) is 15.9 Å². The summed E-state index contributed by atoms with van der Waals surface area (Å²) in [4.78, 5) is 12.4. The summed E-state index contributed by atoms with van der Waals surface area (Å²) in [5.41, 5.74) is 4.03. The molecule has 0 aliphatic rings. The molecular formula is C20H16ClNO2. The van der Waals surface area contributed by atoms with Crippen molar-refractivity contribution >= 4 is 23.2 Å². The molecule has 0 radical (unpaired) electrons. The summed E-state index contributed by atoms with van der Waals surface area (Å²) in [6, 6.07) is 19.6. The first kappa shape index (κ1) is 16.1.